The molecule has 0 aliphatic heterocycles. The number of aromatic nitrogens is 5. The minimum atomic E-state index is -0.00580. The largest absolute Gasteiger partial charge is 0.371 e. The van der Waals surface area contributed by atoms with Gasteiger partial charge >= 0.3 is 0 Å². The van der Waals surface area contributed by atoms with E-state index in [4.69, 9.17) is 4.98 Å². The van der Waals surface area contributed by atoms with Gasteiger partial charge in [0.2, 0.25) is 5.91 Å². The van der Waals surface area contributed by atoms with Crippen molar-refractivity contribution in [2.45, 2.75) is 45.4 Å². The number of rotatable bonds is 5. The van der Waals surface area contributed by atoms with Crippen LogP contribution in [-0.4, -0.2) is 37.3 Å². The predicted octanol–water partition coefficient (Wildman–Crippen LogP) is 5.84. The molecule has 1 aliphatic carbocycles. The molecule has 0 radical (unpaired) electrons. The van der Waals surface area contributed by atoms with Gasteiger partial charge in [-0.1, -0.05) is 18.2 Å². The van der Waals surface area contributed by atoms with Gasteiger partial charge in [0.15, 0.2) is 5.82 Å². The van der Waals surface area contributed by atoms with Gasteiger partial charge in [-0.3, -0.25) is 14.2 Å². The number of pyridine rings is 1. The van der Waals surface area contributed by atoms with Gasteiger partial charge in [0.05, 0.1) is 17.6 Å². The van der Waals surface area contributed by atoms with Crippen LogP contribution in [-0.2, 0) is 4.79 Å². The summed E-state index contributed by atoms with van der Waals surface area (Å²) in [6.07, 6.45) is 9.02. The van der Waals surface area contributed by atoms with E-state index in [1.807, 2.05) is 44.6 Å². The zero-order valence-corrected chi connectivity index (χ0v) is 21.4. The SMILES string of the molecule is CNc1nccn2c(C3CCC(C(=O)Nc4ccc(C)nc4)CC3)nc(-c3[nH]c4ccccc4c3C)c12. The highest BCUT2D eigenvalue weighted by Gasteiger charge is 2.31. The second-order valence-corrected chi connectivity index (χ2v) is 9.96. The number of nitrogens with one attached hydrogen (secondary N) is 3. The summed E-state index contributed by atoms with van der Waals surface area (Å²) in [4.78, 5) is 30.6. The molecule has 8 heteroatoms. The fourth-order valence-corrected chi connectivity index (χ4v) is 5.63. The van der Waals surface area contributed by atoms with Crippen LogP contribution in [0.15, 0.2) is 55.0 Å². The first-order valence-corrected chi connectivity index (χ1v) is 12.9. The molecular weight excluding hydrogens is 462 g/mol. The first kappa shape index (κ1) is 23.2. The van der Waals surface area contributed by atoms with Gasteiger partial charge in [0, 0.05) is 47.9 Å². The molecule has 1 aromatic carbocycles. The molecule has 8 nitrogen and oxygen atoms in total. The minimum Gasteiger partial charge on any atom is -0.371 e. The number of nitrogens with zero attached hydrogens (tertiary/aromatic N) is 4. The Hall–Kier alpha value is -4.20. The fourth-order valence-electron chi connectivity index (χ4n) is 5.63. The molecule has 1 aliphatic rings. The number of H-pyrrole nitrogens is 1. The van der Waals surface area contributed by atoms with Crippen LogP contribution < -0.4 is 10.6 Å². The van der Waals surface area contributed by atoms with Crippen molar-refractivity contribution in [1.29, 1.82) is 0 Å². The Balaban J connectivity index is 1.30. The maximum atomic E-state index is 12.9. The number of imidazole rings is 1. The summed E-state index contributed by atoms with van der Waals surface area (Å²) < 4.78 is 2.18. The second kappa shape index (κ2) is 9.35. The Morgan fingerprint density at radius 1 is 1.05 bits per heavy atom. The average molecular weight is 494 g/mol. The van der Waals surface area contributed by atoms with Gasteiger partial charge in [-0.15, -0.1) is 0 Å². The molecular formula is C29H31N7O. The van der Waals surface area contributed by atoms with Crippen LogP contribution in [0.4, 0.5) is 11.5 Å². The summed E-state index contributed by atoms with van der Waals surface area (Å²) in [5, 5.41) is 7.49. The molecule has 1 amide bonds. The quantitative estimate of drug-likeness (QED) is 0.285. The Labute approximate surface area is 215 Å². The Bertz CT molecular complexity index is 1590. The summed E-state index contributed by atoms with van der Waals surface area (Å²) in [6, 6.07) is 12.2. The first-order chi connectivity index (χ1) is 18.0. The lowest BCUT2D eigenvalue weighted by Crippen LogP contribution is -2.27. The lowest BCUT2D eigenvalue weighted by Gasteiger charge is -2.27. The van der Waals surface area contributed by atoms with Crippen LogP contribution in [0.1, 0.15) is 48.7 Å². The van der Waals surface area contributed by atoms with E-state index in [9.17, 15) is 4.79 Å². The van der Waals surface area contributed by atoms with Gasteiger partial charge in [-0.05, 0) is 63.3 Å². The molecule has 3 N–H and O–H groups in total. The molecule has 4 aromatic heterocycles. The molecule has 1 fully saturated rings. The zero-order chi connectivity index (χ0) is 25.5. The number of hydrogen-bond donors (Lipinski definition) is 3. The highest BCUT2D eigenvalue weighted by atomic mass is 16.1. The minimum absolute atomic E-state index is 0.00580. The topological polar surface area (TPSA) is 100 Å². The first-order valence-electron chi connectivity index (χ1n) is 12.9. The molecule has 6 rings (SSSR count). The number of benzene rings is 1. The van der Waals surface area contributed by atoms with Gasteiger partial charge in [0.1, 0.15) is 17.0 Å². The predicted molar refractivity (Wildman–Crippen MR) is 147 cm³/mol. The zero-order valence-electron chi connectivity index (χ0n) is 21.4. The Kier molecular flexibility index (Phi) is 5.87. The van der Waals surface area contributed by atoms with Crippen LogP contribution in [0.25, 0.3) is 27.8 Å². The number of anilines is 2. The van der Waals surface area contributed by atoms with Crippen molar-refractivity contribution in [2.24, 2.45) is 5.92 Å². The van der Waals surface area contributed by atoms with Crippen LogP contribution in [0.5, 0.6) is 0 Å². The Morgan fingerprint density at radius 2 is 1.86 bits per heavy atom. The number of hydrogen-bond acceptors (Lipinski definition) is 5. The summed E-state index contributed by atoms with van der Waals surface area (Å²) in [5.74, 6) is 2.17. The fraction of sp³-hybridized carbons (Fsp3) is 0.310. The van der Waals surface area contributed by atoms with E-state index < -0.39 is 0 Å². The molecule has 0 bridgehead atoms. The third-order valence-corrected chi connectivity index (χ3v) is 7.66. The standard InChI is InChI=1S/C29H31N7O/c1-17-8-13-21(16-32-17)33-29(37)20-11-9-19(10-12-20)28-35-25(26-27(30-3)31-14-15-36(26)28)24-18(2)22-6-4-5-7-23(22)34-24/h4-8,13-16,19-20,34H,9-12H2,1-3H3,(H,30,31)(H,33,37). The van der Waals surface area contributed by atoms with Gasteiger partial charge in [-0.2, -0.15) is 0 Å². The molecule has 4 heterocycles. The summed E-state index contributed by atoms with van der Waals surface area (Å²) in [7, 11) is 1.89. The lowest BCUT2D eigenvalue weighted by molar-refractivity contribution is -0.120. The van der Waals surface area contributed by atoms with Crippen LogP contribution in [0, 0.1) is 19.8 Å². The third kappa shape index (κ3) is 4.12. The number of fused-ring (bicyclic) bond motifs is 2. The van der Waals surface area contributed by atoms with Crippen LogP contribution >= 0.6 is 0 Å². The number of aryl methyl sites for hydroxylation is 2. The average Bonchev–Trinajstić information content (AvgIpc) is 3.48. The van der Waals surface area contributed by atoms with E-state index in [0.29, 0.717) is 0 Å². The molecule has 5 aromatic rings. The maximum Gasteiger partial charge on any atom is 0.227 e. The number of carbonyl (C=O) groups excluding carboxylic acids is 1. The highest BCUT2D eigenvalue weighted by Crippen LogP contribution is 2.40. The van der Waals surface area contributed by atoms with Crippen molar-refractivity contribution in [3.05, 3.63) is 72.1 Å². The van der Waals surface area contributed by atoms with Crippen molar-refractivity contribution < 1.29 is 4.79 Å². The van der Waals surface area contributed by atoms with E-state index in [1.54, 1.807) is 6.20 Å². The van der Waals surface area contributed by atoms with Crippen molar-refractivity contribution in [3.63, 3.8) is 0 Å². The van der Waals surface area contributed by atoms with Crippen molar-refractivity contribution in [1.82, 2.24) is 24.3 Å². The molecule has 188 valence electrons. The van der Waals surface area contributed by atoms with Crippen LogP contribution in [0.3, 0.4) is 0 Å². The van der Waals surface area contributed by atoms with Gasteiger partial charge in [0.25, 0.3) is 0 Å². The number of para-hydroxylation sites is 1. The van der Waals surface area contributed by atoms with E-state index in [2.05, 4.69) is 55.1 Å². The monoisotopic (exact) mass is 493 g/mol. The summed E-state index contributed by atoms with van der Waals surface area (Å²) in [5.41, 5.74) is 6.87. The van der Waals surface area contributed by atoms with E-state index in [0.717, 1.165) is 71.1 Å². The smallest absolute Gasteiger partial charge is 0.227 e. The van der Waals surface area contributed by atoms with E-state index >= 15 is 0 Å². The van der Waals surface area contributed by atoms with Crippen LogP contribution in [0.2, 0.25) is 0 Å². The molecule has 0 atom stereocenters. The van der Waals surface area contributed by atoms with Gasteiger partial charge < -0.3 is 15.6 Å². The van der Waals surface area contributed by atoms with Crippen molar-refractivity contribution >= 4 is 33.8 Å². The lowest BCUT2D eigenvalue weighted by atomic mass is 9.81. The van der Waals surface area contributed by atoms with E-state index in [-0.39, 0.29) is 17.7 Å². The normalized spacial score (nSPS) is 17.8. The maximum absolute atomic E-state index is 12.9. The van der Waals surface area contributed by atoms with Crippen molar-refractivity contribution in [2.75, 3.05) is 17.7 Å². The van der Waals surface area contributed by atoms with Gasteiger partial charge in [-0.25, -0.2) is 9.97 Å². The highest BCUT2D eigenvalue weighted by molar-refractivity contribution is 5.95. The van der Waals surface area contributed by atoms with Crippen molar-refractivity contribution in [3.8, 4) is 11.4 Å². The number of carbonyl (C=O) groups is 1. The molecule has 0 unspecified atom stereocenters. The van der Waals surface area contributed by atoms with E-state index in [1.165, 1.54) is 10.9 Å². The third-order valence-electron chi connectivity index (χ3n) is 7.66. The Morgan fingerprint density at radius 3 is 2.59 bits per heavy atom. The second-order valence-electron chi connectivity index (χ2n) is 9.96. The summed E-state index contributed by atoms with van der Waals surface area (Å²) in [6.45, 7) is 4.08. The molecule has 1 saturated carbocycles. The number of amides is 1. The molecule has 0 saturated heterocycles. The summed E-state index contributed by atoms with van der Waals surface area (Å²) >= 11 is 0. The molecule has 0 spiro atoms. The molecule has 37 heavy (non-hydrogen) atoms. The number of aromatic amines is 1.